The first-order valence-corrected chi connectivity index (χ1v) is 8.07. The zero-order valence-corrected chi connectivity index (χ0v) is 11.4. The van der Waals surface area contributed by atoms with Gasteiger partial charge in [-0.2, -0.15) is 0 Å². The second-order valence-electron chi connectivity index (χ2n) is 5.27. The molecule has 17 heavy (non-hydrogen) atoms. The van der Waals surface area contributed by atoms with Crippen LogP contribution in [0.25, 0.3) is 0 Å². The van der Waals surface area contributed by atoms with Crippen LogP contribution in [0.3, 0.4) is 0 Å². The number of carbonyl (C=O) groups is 1. The van der Waals surface area contributed by atoms with Crippen molar-refractivity contribution in [3.63, 3.8) is 0 Å². The van der Waals surface area contributed by atoms with Crippen molar-refractivity contribution >= 4 is 15.8 Å². The fraction of sp³-hybridized carbons (Fsp3) is 0.917. The van der Waals surface area contributed by atoms with Gasteiger partial charge in [-0.25, -0.2) is 8.42 Å². The van der Waals surface area contributed by atoms with E-state index in [0.717, 1.165) is 6.42 Å². The fourth-order valence-corrected chi connectivity index (χ4v) is 3.57. The molecule has 0 aliphatic heterocycles. The third-order valence-corrected chi connectivity index (χ3v) is 5.65. The van der Waals surface area contributed by atoms with Crippen LogP contribution in [0.2, 0.25) is 0 Å². The van der Waals surface area contributed by atoms with E-state index < -0.39 is 21.2 Å². The summed E-state index contributed by atoms with van der Waals surface area (Å²) in [5, 5.41) is 9.32. The van der Waals surface area contributed by atoms with Crippen molar-refractivity contribution in [1.82, 2.24) is 0 Å². The number of aliphatic carboxylic acids is 1. The largest absolute Gasteiger partial charge is 0.481 e. The summed E-state index contributed by atoms with van der Waals surface area (Å²) < 4.78 is 22.7. The van der Waals surface area contributed by atoms with Gasteiger partial charge in [0.25, 0.3) is 0 Å². The molecule has 0 spiro atoms. The van der Waals surface area contributed by atoms with Gasteiger partial charge in [-0.15, -0.1) is 0 Å². The Morgan fingerprint density at radius 3 is 2.53 bits per heavy atom. The zero-order valence-electron chi connectivity index (χ0n) is 10.6. The minimum absolute atomic E-state index is 0.118. The highest BCUT2D eigenvalue weighted by atomic mass is 32.2. The molecule has 0 aromatic carbocycles. The molecule has 0 aromatic heterocycles. The van der Waals surface area contributed by atoms with Crippen LogP contribution in [0, 0.1) is 11.3 Å². The van der Waals surface area contributed by atoms with Gasteiger partial charge in [-0.05, 0) is 38.0 Å². The van der Waals surface area contributed by atoms with Crippen molar-refractivity contribution in [2.75, 3.05) is 11.5 Å². The van der Waals surface area contributed by atoms with Crippen molar-refractivity contribution in [2.24, 2.45) is 11.3 Å². The lowest BCUT2D eigenvalue weighted by atomic mass is 9.81. The number of hydrogen-bond acceptors (Lipinski definition) is 3. The van der Waals surface area contributed by atoms with Crippen molar-refractivity contribution in [1.29, 1.82) is 0 Å². The Morgan fingerprint density at radius 2 is 2.12 bits per heavy atom. The fourth-order valence-electron chi connectivity index (χ4n) is 2.70. The lowest BCUT2D eigenvalue weighted by Crippen LogP contribution is -2.29. The van der Waals surface area contributed by atoms with Gasteiger partial charge in [-0.3, -0.25) is 4.79 Å². The Hall–Kier alpha value is -0.580. The summed E-state index contributed by atoms with van der Waals surface area (Å²) in [7, 11) is -2.97. The van der Waals surface area contributed by atoms with Crippen LogP contribution in [0.5, 0.6) is 0 Å². The molecule has 1 N–H and O–H groups in total. The molecule has 5 heteroatoms. The molecule has 0 aromatic rings. The summed E-state index contributed by atoms with van der Waals surface area (Å²) >= 11 is 0. The van der Waals surface area contributed by atoms with Crippen LogP contribution in [-0.2, 0) is 14.6 Å². The van der Waals surface area contributed by atoms with Crippen molar-refractivity contribution in [2.45, 2.75) is 46.0 Å². The maximum absolute atomic E-state index is 11.4. The van der Waals surface area contributed by atoms with E-state index in [1.165, 1.54) is 0 Å². The summed E-state index contributed by atoms with van der Waals surface area (Å²) in [5.74, 6) is -0.0549. The van der Waals surface area contributed by atoms with Gasteiger partial charge in [0, 0.05) is 5.75 Å². The third kappa shape index (κ3) is 3.69. The highest BCUT2D eigenvalue weighted by Crippen LogP contribution is 2.45. The molecular weight excluding hydrogens is 240 g/mol. The van der Waals surface area contributed by atoms with Gasteiger partial charge < -0.3 is 5.11 Å². The highest BCUT2D eigenvalue weighted by molar-refractivity contribution is 7.91. The average Bonchev–Trinajstić information content (AvgIpc) is 2.61. The Kier molecular flexibility index (Phi) is 4.58. The van der Waals surface area contributed by atoms with Gasteiger partial charge in [0.2, 0.25) is 0 Å². The molecule has 2 atom stereocenters. The summed E-state index contributed by atoms with van der Waals surface area (Å²) in [6.45, 7) is 3.69. The zero-order chi connectivity index (χ0) is 13.1. The van der Waals surface area contributed by atoms with Crippen LogP contribution in [0.1, 0.15) is 46.0 Å². The van der Waals surface area contributed by atoms with Crippen molar-refractivity contribution in [3.8, 4) is 0 Å². The number of sulfone groups is 1. The van der Waals surface area contributed by atoms with Gasteiger partial charge in [0.05, 0.1) is 11.2 Å². The van der Waals surface area contributed by atoms with E-state index in [0.29, 0.717) is 31.6 Å². The standard InChI is InChI=1S/C12H22O4S/c1-3-17(15,16)8-4-6-12(11(13)14)7-5-10(2)9-12/h10H,3-9H2,1-2H3,(H,13,14). The summed E-state index contributed by atoms with van der Waals surface area (Å²) in [6.07, 6.45) is 3.28. The topological polar surface area (TPSA) is 71.4 Å². The first-order chi connectivity index (χ1) is 7.81. The van der Waals surface area contributed by atoms with Crippen molar-refractivity contribution in [3.05, 3.63) is 0 Å². The van der Waals surface area contributed by atoms with Gasteiger partial charge in [0.1, 0.15) is 9.84 Å². The molecule has 1 saturated carbocycles. The first kappa shape index (κ1) is 14.5. The maximum atomic E-state index is 11.4. The van der Waals surface area contributed by atoms with Crippen LogP contribution in [0.15, 0.2) is 0 Å². The van der Waals surface area contributed by atoms with E-state index in [-0.39, 0.29) is 11.5 Å². The van der Waals surface area contributed by atoms with Crippen LogP contribution >= 0.6 is 0 Å². The smallest absolute Gasteiger partial charge is 0.309 e. The van der Waals surface area contributed by atoms with Crippen molar-refractivity contribution < 1.29 is 18.3 Å². The van der Waals surface area contributed by atoms with E-state index in [4.69, 9.17) is 0 Å². The quantitative estimate of drug-likeness (QED) is 0.795. The molecule has 0 bridgehead atoms. The lowest BCUT2D eigenvalue weighted by Gasteiger charge is -2.23. The molecule has 1 fully saturated rings. The normalized spacial score (nSPS) is 29.4. The molecule has 0 saturated heterocycles. The summed E-state index contributed by atoms with van der Waals surface area (Å²) in [4.78, 5) is 11.3. The SMILES string of the molecule is CCS(=O)(=O)CCCC1(C(=O)O)CCC(C)C1. The highest BCUT2D eigenvalue weighted by Gasteiger charge is 2.43. The molecule has 1 aliphatic rings. The van der Waals surface area contributed by atoms with E-state index >= 15 is 0 Å². The molecule has 0 radical (unpaired) electrons. The number of carboxylic acids is 1. The van der Waals surface area contributed by atoms with Crippen LogP contribution in [-0.4, -0.2) is 31.0 Å². The predicted octanol–water partition coefficient (Wildman–Crippen LogP) is 2.09. The number of carboxylic acid groups (broad SMARTS) is 1. The minimum Gasteiger partial charge on any atom is -0.481 e. The second-order valence-corrected chi connectivity index (χ2v) is 7.75. The van der Waals surface area contributed by atoms with Gasteiger partial charge in [-0.1, -0.05) is 13.8 Å². The Morgan fingerprint density at radius 1 is 1.47 bits per heavy atom. The van der Waals surface area contributed by atoms with E-state index in [9.17, 15) is 18.3 Å². The predicted molar refractivity (Wildman–Crippen MR) is 66.6 cm³/mol. The van der Waals surface area contributed by atoms with Gasteiger partial charge >= 0.3 is 5.97 Å². The molecule has 100 valence electrons. The lowest BCUT2D eigenvalue weighted by molar-refractivity contribution is -0.149. The molecule has 4 nitrogen and oxygen atoms in total. The van der Waals surface area contributed by atoms with E-state index in [2.05, 4.69) is 6.92 Å². The Labute approximate surface area is 103 Å². The average molecular weight is 262 g/mol. The molecule has 0 amide bonds. The molecule has 2 unspecified atom stereocenters. The molecule has 1 rings (SSSR count). The summed E-state index contributed by atoms with van der Waals surface area (Å²) in [5.41, 5.74) is -0.664. The van der Waals surface area contributed by atoms with Gasteiger partial charge in [0.15, 0.2) is 0 Å². The maximum Gasteiger partial charge on any atom is 0.309 e. The monoisotopic (exact) mass is 262 g/mol. The number of hydrogen-bond donors (Lipinski definition) is 1. The molecule has 0 heterocycles. The number of rotatable bonds is 6. The summed E-state index contributed by atoms with van der Waals surface area (Å²) in [6, 6.07) is 0. The Balaban J connectivity index is 2.56. The van der Waals surface area contributed by atoms with Crippen LogP contribution < -0.4 is 0 Å². The van der Waals surface area contributed by atoms with E-state index in [1.807, 2.05) is 0 Å². The Bertz CT molecular complexity index is 374. The third-order valence-electron chi connectivity index (χ3n) is 3.86. The first-order valence-electron chi connectivity index (χ1n) is 6.25. The second kappa shape index (κ2) is 5.38. The van der Waals surface area contributed by atoms with E-state index in [1.54, 1.807) is 6.92 Å². The minimum atomic E-state index is -2.97. The molecular formula is C12H22O4S. The van der Waals surface area contributed by atoms with Crippen LogP contribution in [0.4, 0.5) is 0 Å². The molecule has 1 aliphatic carbocycles.